The molecule has 2 rings (SSSR count). The van der Waals surface area contributed by atoms with Crippen molar-refractivity contribution < 1.29 is 9.47 Å². The molecule has 0 aromatic heterocycles. The lowest BCUT2D eigenvalue weighted by atomic mass is 10.1. The third-order valence-corrected chi connectivity index (χ3v) is 3.49. The van der Waals surface area contributed by atoms with Crippen LogP contribution in [0, 0.1) is 0 Å². The fraction of sp³-hybridized carbons (Fsp3) is 0.250. The number of hydrogen-bond acceptors (Lipinski definition) is 3. The van der Waals surface area contributed by atoms with Gasteiger partial charge in [-0.3, -0.25) is 0 Å². The van der Waals surface area contributed by atoms with E-state index in [0.717, 1.165) is 33.7 Å². The van der Waals surface area contributed by atoms with Gasteiger partial charge in [-0.25, -0.2) is 0 Å². The second-order valence-corrected chi connectivity index (χ2v) is 5.54. The molecule has 106 valence electrons. The summed E-state index contributed by atoms with van der Waals surface area (Å²) in [4.78, 5) is 0. The number of rotatable bonds is 5. The molecule has 4 heteroatoms. The summed E-state index contributed by atoms with van der Waals surface area (Å²) in [5.74, 6) is 2.37. The molecule has 0 aliphatic rings. The van der Waals surface area contributed by atoms with Gasteiger partial charge in [-0.1, -0.05) is 18.2 Å². The summed E-state index contributed by atoms with van der Waals surface area (Å²) < 4.78 is 12.0. The molecule has 0 saturated carbocycles. The van der Waals surface area contributed by atoms with Crippen molar-refractivity contribution in [3.05, 3.63) is 52.5 Å². The SMILES string of the molecule is COc1ccc(Oc2ccccc2CC(C)N)c(Br)c1. The standard InChI is InChI=1S/C16H18BrNO2/c1-11(18)9-12-5-3-4-6-15(12)20-16-8-7-13(19-2)10-14(16)17/h3-8,10-11H,9,18H2,1-2H3. The predicted octanol–water partition coefficient (Wildman–Crippen LogP) is 4.14. The quantitative estimate of drug-likeness (QED) is 0.892. The van der Waals surface area contributed by atoms with Crippen LogP contribution in [-0.4, -0.2) is 13.2 Å². The Hall–Kier alpha value is -1.52. The molecule has 3 nitrogen and oxygen atoms in total. The number of benzene rings is 2. The fourth-order valence-electron chi connectivity index (χ4n) is 1.93. The number of para-hydroxylation sites is 1. The number of halogens is 1. The lowest BCUT2D eigenvalue weighted by molar-refractivity contribution is 0.412. The van der Waals surface area contributed by atoms with E-state index in [1.165, 1.54) is 0 Å². The van der Waals surface area contributed by atoms with Crippen LogP contribution in [0.25, 0.3) is 0 Å². The monoisotopic (exact) mass is 335 g/mol. The minimum Gasteiger partial charge on any atom is -0.497 e. The molecule has 0 aliphatic carbocycles. The summed E-state index contributed by atoms with van der Waals surface area (Å²) >= 11 is 3.49. The molecule has 0 bridgehead atoms. The lowest BCUT2D eigenvalue weighted by Gasteiger charge is -2.14. The van der Waals surface area contributed by atoms with Crippen molar-refractivity contribution in [1.82, 2.24) is 0 Å². The molecule has 2 aromatic rings. The summed E-state index contributed by atoms with van der Waals surface area (Å²) in [7, 11) is 1.64. The molecule has 2 N–H and O–H groups in total. The zero-order valence-electron chi connectivity index (χ0n) is 11.6. The summed E-state index contributed by atoms with van der Waals surface area (Å²) in [5.41, 5.74) is 6.98. The largest absolute Gasteiger partial charge is 0.497 e. The average Bonchev–Trinajstić information content (AvgIpc) is 2.42. The molecule has 0 spiro atoms. The summed E-state index contributed by atoms with van der Waals surface area (Å²) in [6, 6.07) is 13.7. The van der Waals surface area contributed by atoms with Gasteiger partial charge in [0.25, 0.3) is 0 Å². The van der Waals surface area contributed by atoms with Crippen LogP contribution in [0.15, 0.2) is 46.9 Å². The van der Waals surface area contributed by atoms with Crippen molar-refractivity contribution in [3.8, 4) is 17.2 Å². The molecule has 0 aliphatic heterocycles. The Bertz CT molecular complexity index is 584. The average molecular weight is 336 g/mol. The molecule has 0 radical (unpaired) electrons. The van der Waals surface area contributed by atoms with Crippen molar-refractivity contribution in [2.75, 3.05) is 7.11 Å². The van der Waals surface area contributed by atoms with Gasteiger partial charge in [-0.2, -0.15) is 0 Å². The van der Waals surface area contributed by atoms with Crippen LogP contribution in [0.4, 0.5) is 0 Å². The Balaban J connectivity index is 2.26. The van der Waals surface area contributed by atoms with E-state index < -0.39 is 0 Å². The number of methoxy groups -OCH3 is 1. The predicted molar refractivity (Wildman–Crippen MR) is 84.6 cm³/mol. The Morgan fingerprint density at radius 2 is 1.90 bits per heavy atom. The van der Waals surface area contributed by atoms with Crippen molar-refractivity contribution in [2.24, 2.45) is 5.73 Å². The van der Waals surface area contributed by atoms with Gasteiger partial charge in [-0.15, -0.1) is 0 Å². The van der Waals surface area contributed by atoms with E-state index in [2.05, 4.69) is 15.9 Å². The van der Waals surface area contributed by atoms with Crippen LogP contribution in [0.5, 0.6) is 17.2 Å². The maximum absolute atomic E-state index is 5.98. The van der Waals surface area contributed by atoms with Gasteiger partial charge in [0.1, 0.15) is 17.2 Å². The molecule has 0 amide bonds. The van der Waals surface area contributed by atoms with Crippen LogP contribution in [0.1, 0.15) is 12.5 Å². The Morgan fingerprint density at radius 3 is 2.55 bits per heavy atom. The first-order valence-electron chi connectivity index (χ1n) is 6.45. The Morgan fingerprint density at radius 1 is 1.15 bits per heavy atom. The van der Waals surface area contributed by atoms with Gasteiger partial charge < -0.3 is 15.2 Å². The molecule has 1 atom stereocenters. The number of nitrogens with two attached hydrogens (primary N) is 1. The minimum absolute atomic E-state index is 0.0964. The van der Waals surface area contributed by atoms with Gasteiger partial charge in [-0.05, 0) is 59.1 Å². The van der Waals surface area contributed by atoms with Crippen LogP contribution in [0.3, 0.4) is 0 Å². The zero-order chi connectivity index (χ0) is 14.5. The summed E-state index contributed by atoms with van der Waals surface area (Å²) in [6.45, 7) is 1.99. The van der Waals surface area contributed by atoms with Crippen molar-refractivity contribution >= 4 is 15.9 Å². The maximum Gasteiger partial charge on any atom is 0.141 e. The van der Waals surface area contributed by atoms with E-state index in [1.807, 2.05) is 49.4 Å². The van der Waals surface area contributed by atoms with E-state index in [9.17, 15) is 0 Å². The molecular formula is C16H18BrNO2. The van der Waals surface area contributed by atoms with Gasteiger partial charge >= 0.3 is 0 Å². The van der Waals surface area contributed by atoms with Crippen LogP contribution < -0.4 is 15.2 Å². The molecule has 2 aromatic carbocycles. The smallest absolute Gasteiger partial charge is 0.141 e. The highest BCUT2D eigenvalue weighted by atomic mass is 79.9. The third-order valence-electron chi connectivity index (χ3n) is 2.87. The first-order chi connectivity index (χ1) is 9.60. The summed E-state index contributed by atoms with van der Waals surface area (Å²) in [5, 5.41) is 0. The molecule has 0 fully saturated rings. The van der Waals surface area contributed by atoms with Crippen LogP contribution in [-0.2, 0) is 6.42 Å². The first kappa shape index (κ1) is 14.9. The van der Waals surface area contributed by atoms with Crippen molar-refractivity contribution in [1.29, 1.82) is 0 Å². The lowest BCUT2D eigenvalue weighted by Crippen LogP contribution is -2.18. The third kappa shape index (κ3) is 3.74. The topological polar surface area (TPSA) is 44.5 Å². The Labute approximate surface area is 127 Å². The van der Waals surface area contributed by atoms with Gasteiger partial charge in [0.05, 0.1) is 11.6 Å². The summed E-state index contributed by atoms with van der Waals surface area (Å²) in [6.07, 6.45) is 0.782. The van der Waals surface area contributed by atoms with Crippen molar-refractivity contribution in [3.63, 3.8) is 0 Å². The maximum atomic E-state index is 5.98. The minimum atomic E-state index is 0.0964. The molecule has 20 heavy (non-hydrogen) atoms. The van der Waals surface area contributed by atoms with Gasteiger partial charge in [0, 0.05) is 6.04 Å². The number of ether oxygens (including phenoxy) is 2. The molecule has 0 heterocycles. The second kappa shape index (κ2) is 6.77. The van der Waals surface area contributed by atoms with Crippen molar-refractivity contribution in [2.45, 2.75) is 19.4 Å². The fourth-order valence-corrected chi connectivity index (χ4v) is 2.37. The normalized spacial score (nSPS) is 12.0. The van der Waals surface area contributed by atoms with Crippen LogP contribution >= 0.6 is 15.9 Å². The molecule has 0 saturated heterocycles. The first-order valence-corrected chi connectivity index (χ1v) is 7.24. The van der Waals surface area contributed by atoms with E-state index in [4.69, 9.17) is 15.2 Å². The highest BCUT2D eigenvalue weighted by Gasteiger charge is 2.09. The Kier molecular flexibility index (Phi) is 5.04. The molecule has 1 unspecified atom stereocenters. The van der Waals surface area contributed by atoms with E-state index in [-0.39, 0.29) is 6.04 Å². The van der Waals surface area contributed by atoms with Gasteiger partial charge in [0.2, 0.25) is 0 Å². The van der Waals surface area contributed by atoms with E-state index in [0.29, 0.717) is 0 Å². The van der Waals surface area contributed by atoms with E-state index >= 15 is 0 Å². The second-order valence-electron chi connectivity index (χ2n) is 4.69. The molecular weight excluding hydrogens is 318 g/mol. The zero-order valence-corrected chi connectivity index (χ0v) is 13.2. The van der Waals surface area contributed by atoms with Gasteiger partial charge in [0.15, 0.2) is 0 Å². The van der Waals surface area contributed by atoms with E-state index in [1.54, 1.807) is 7.11 Å². The highest BCUT2D eigenvalue weighted by molar-refractivity contribution is 9.10. The highest BCUT2D eigenvalue weighted by Crippen LogP contribution is 2.34. The van der Waals surface area contributed by atoms with Crippen LogP contribution in [0.2, 0.25) is 0 Å². The number of hydrogen-bond donors (Lipinski definition) is 1.